The van der Waals surface area contributed by atoms with E-state index >= 15 is 0 Å². The Morgan fingerprint density at radius 1 is 1.22 bits per heavy atom. The minimum absolute atomic E-state index is 0.173. The summed E-state index contributed by atoms with van der Waals surface area (Å²) in [7, 11) is 0. The third-order valence-corrected chi connectivity index (χ3v) is 6.08. The molecule has 0 fully saturated rings. The maximum atomic E-state index is 13.0. The number of para-hydroxylation sites is 2. The van der Waals surface area contributed by atoms with Gasteiger partial charge in [0.05, 0.1) is 16.3 Å². The van der Waals surface area contributed by atoms with Gasteiger partial charge in [-0.3, -0.25) is 4.79 Å². The van der Waals surface area contributed by atoms with E-state index in [4.69, 9.17) is 4.98 Å². The fourth-order valence-electron chi connectivity index (χ4n) is 3.60. The highest BCUT2D eigenvalue weighted by atomic mass is 32.2. The topological polar surface area (TPSA) is 38.1 Å². The molecule has 0 spiro atoms. The zero-order valence-electron chi connectivity index (χ0n) is 15.5. The second kappa shape index (κ2) is 7.61. The van der Waals surface area contributed by atoms with E-state index in [1.54, 1.807) is 0 Å². The first-order valence-corrected chi connectivity index (χ1v) is 10.1. The van der Waals surface area contributed by atoms with Crippen molar-refractivity contribution in [1.29, 1.82) is 0 Å². The van der Waals surface area contributed by atoms with Crippen LogP contribution in [0.2, 0.25) is 0 Å². The number of hydrogen-bond acceptors (Lipinski definition) is 3. The Bertz CT molecular complexity index is 994. The second-order valence-electron chi connectivity index (χ2n) is 6.82. The summed E-state index contributed by atoms with van der Waals surface area (Å²) in [6, 6.07) is 16.5. The molecular weight excluding hydrogens is 354 g/mol. The molecule has 3 aromatic rings. The maximum Gasteiger partial charge on any atom is 0.236 e. The van der Waals surface area contributed by atoms with Gasteiger partial charge in [0.25, 0.3) is 0 Å². The average molecular weight is 378 g/mol. The lowest BCUT2D eigenvalue weighted by Gasteiger charge is -2.30. The van der Waals surface area contributed by atoms with E-state index in [1.165, 1.54) is 22.9 Å². The van der Waals surface area contributed by atoms with Crippen molar-refractivity contribution in [2.24, 2.45) is 0 Å². The highest BCUT2D eigenvalue weighted by molar-refractivity contribution is 8.00. The standard InChI is InChI=1S/C22H23N3OS/c1-3-13-25-20-11-7-6-10-19(20)23-22(25)27-16(2)21(26)24-14-12-17-8-4-5-9-18(17)15-24/h3-11,16H,1,12-15H2,2H3. The summed E-state index contributed by atoms with van der Waals surface area (Å²) in [5, 5.41) is 0.685. The maximum absolute atomic E-state index is 13.0. The van der Waals surface area contributed by atoms with Crippen molar-refractivity contribution in [3.05, 3.63) is 72.3 Å². The Balaban J connectivity index is 1.53. The zero-order chi connectivity index (χ0) is 18.8. The zero-order valence-corrected chi connectivity index (χ0v) is 16.3. The molecule has 1 atom stereocenters. The van der Waals surface area contributed by atoms with Crippen molar-refractivity contribution in [3.8, 4) is 0 Å². The number of thioether (sulfide) groups is 1. The van der Waals surface area contributed by atoms with Gasteiger partial charge in [-0.15, -0.1) is 6.58 Å². The van der Waals surface area contributed by atoms with E-state index in [9.17, 15) is 4.79 Å². The number of benzene rings is 2. The number of allylic oxidation sites excluding steroid dienone is 1. The highest BCUT2D eigenvalue weighted by Crippen LogP contribution is 2.29. The van der Waals surface area contributed by atoms with Crippen LogP contribution in [-0.2, 0) is 24.3 Å². The van der Waals surface area contributed by atoms with E-state index in [1.807, 2.05) is 42.2 Å². The number of nitrogens with zero attached hydrogens (tertiary/aromatic N) is 3. The number of aromatic nitrogens is 2. The van der Waals surface area contributed by atoms with E-state index < -0.39 is 0 Å². The van der Waals surface area contributed by atoms with Crippen molar-refractivity contribution in [2.75, 3.05) is 6.54 Å². The molecule has 138 valence electrons. The molecule has 0 aliphatic carbocycles. The number of rotatable bonds is 5. The van der Waals surface area contributed by atoms with Crippen LogP contribution in [0.1, 0.15) is 18.1 Å². The van der Waals surface area contributed by atoms with Gasteiger partial charge < -0.3 is 9.47 Å². The van der Waals surface area contributed by atoms with E-state index in [2.05, 4.69) is 35.4 Å². The summed E-state index contributed by atoms with van der Waals surface area (Å²) in [4.78, 5) is 19.8. The Labute approximate surface area is 163 Å². The van der Waals surface area contributed by atoms with Crippen LogP contribution in [0.5, 0.6) is 0 Å². The molecule has 4 rings (SSSR count). The van der Waals surface area contributed by atoms with Crippen LogP contribution < -0.4 is 0 Å². The number of imidazole rings is 1. The van der Waals surface area contributed by atoms with Crippen LogP contribution in [0.15, 0.2) is 66.3 Å². The lowest BCUT2D eigenvalue weighted by molar-refractivity contribution is -0.131. The first-order valence-electron chi connectivity index (χ1n) is 9.25. The normalized spacial score (nSPS) is 14.8. The van der Waals surface area contributed by atoms with Gasteiger partial charge in [-0.25, -0.2) is 4.98 Å². The minimum atomic E-state index is -0.185. The molecule has 1 aliphatic rings. The summed E-state index contributed by atoms with van der Waals surface area (Å²) in [5.41, 5.74) is 4.64. The molecule has 4 nitrogen and oxygen atoms in total. The predicted octanol–water partition coefficient (Wildman–Crippen LogP) is 4.29. The molecule has 0 saturated heterocycles. The minimum Gasteiger partial charge on any atom is -0.337 e. The average Bonchev–Trinajstić information content (AvgIpc) is 3.04. The molecule has 27 heavy (non-hydrogen) atoms. The molecule has 0 saturated carbocycles. The molecule has 1 unspecified atom stereocenters. The lowest BCUT2D eigenvalue weighted by atomic mass is 10.00. The van der Waals surface area contributed by atoms with Crippen molar-refractivity contribution in [3.63, 3.8) is 0 Å². The molecule has 1 aromatic heterocycles. The Morgan fingerprint density at radius 2 is 1.96 bits per heavy atom. The molecule has 5 heteroatoms. The van der Waals surface area contributed by atoms with Crippen LogP contribution in [0.25, 0.3) is 11.0 Å². The van der Waals surface area contributed by atoms with Gasteiger partial charge in [-0.2, -0.15) is 0 Å². The van der Waals surface area contributed by atoms with E-state index in [0.717, 1.165) is 29.2 Å². The van der Waals surface area contributed by atoms with Gasteiger partial charge in [0.2, 0.25) is 5.91 Å². The smallest absolute Gasteiger partial charge is 0.236 e. The van der Waals surface area contributed by atoms with Crippen molar-refractivity contribution in [2.45, 2.75) is 36.8 Å². The third-order valence-electron chi connectivity index (χ3n) is 5.00. The molecule has 2 aromatic carbocycles. The van der Waals surface area contributed by atoms with Crippen molar-refractivity contribution in [1.82, 2.24) is 14.5 Å². The van der Waals surface area contributed by atoms with Gasteiger partial charge >= 0.3 is 0 Å². The van der Waals surface area contributed by atoms with Crippen LogP contribution in [0, 0.1) is 0 Å². The molecule has 1 aliphatic heterocycles. The fourth-order valence-corrected chi connectivity index (χ4v) is 4.62. The highest BCUT2D eigenvalue weighted by Gasteiger charge is 2.26. The van der Waals surface area contributed by atoms with Gasteiger partial charge in [0, 0.05) is 19.6 Å². The van der Waals surface area contributed by atoms with Crippen molar-refractivity contribution < 1.29 is 4.79 Å². The first-order chi connectivity index (χ1) is 13.2. The predicted molar refractivity (Wildman–Crippen MR) is 111 cm³/mol. The summed E-state index contributed by atoms with van der Waals surface area (Å²) in [5.74, 6) is 0.173. The summed E-state index contributed by atoms with van der Waals surface area (Å²) in [6.45, 7) is 8.00. The summed E-state index contributed by atoms with van der Waals surface area (Å²) in [6.07, 6.45) is 2.79. The Morgan fingerprint density at radius 3 is 2.78 bits per heavy atom. The number of hydrogen-bond donors (Lipinski definition) is 0. The third kappa shape index (κ3) is 3.52. The molecule has 1 amide bonds. The van der Waals surface area contributed by atoms with Gasteiger partial charge in [0.1, 0.15) is 0 Å². The Kier molecular flexibility index (Phi) is 5.03. The molecule has 0 N–H and O–H groups in total. The van der Waals surface area contributed by atoms with Gasteiger partial charge in [-0.05, 0) is 36.6 Å². The SMILES string of the molecule is C=CCn1c(SC(C)C(=O)N2CCc3ccccc3C2)nc2ccccc21. The lowest BCUT2D eigenvalue weighted by Crippen LogP contribution is -2.40. The molecule has 0 radical (unpaired) electrons. The monoisotopic (exact) mass is 377 g/mol. The second-order valence-corrected chi connectivity index (χ2v) is 8.13. The first kappa shape index (κ1) is 17.9. The van der Waals surface area contributed by atoms with Crippen LogP contribution in [-0.4, -0.2) is 32.2 Å². The van der Waals surface area contributed by atoms with E-state index in [0.29, 0.717) is 13.1 Å². The quantitative estimate of drug-likeness (QED) is 0.492. The molecular formula is C22H23N3OS. The van der Waals surface area contributed by atoms with Crippen LogP contribution in [0.3, 0.4) is 0 Å². The van der Waals surface area contributed by atoms with Crippen LogP contribution >= 0.6 is 11.8 Å². The van der Waals surface area contributed by atoms with Gasteiger partial charge in [0.15, 0.2) is 5.16 Å². The largest absolute Gasteiger partial charge is 0.337 e. The number of fused-ring (bicyclic) bond motifs is 2. The van der Waals surface area contributed by atoms with Crippen LogP contribution in [0.4, 0.5) is 0 Å². The number of carbonyl (C=O) groups is 1. The summed E-state index contributed by atoms with van der Waals surface area (Å²) < 4.78 is 2.13. The molecule has 2 heterocycles. The van der Waals surface area contributed by atoms with Gasteiger partial charge in [-0.1, -0.05) is 54.2 Å². The van der Waals surface area contributed by atoms with E-state index in [-0.39, 0.29) is 11.2 Å². The van der Waals surface area contributed by atoms with Crippen molar-refractivity contribution >= 4 is 28.7 Å². The molecule has 0 bridgehead atoms. The fraction of sp³-hybridized carbons (Fsp3) is 0.273. The number of carbonyl (C=O) groups excluding carboxylic acids is 1. The number of amides is 1. The summed E-state index contributed by atoms with van der Waals surface area (Å²) >= 11 is 1.53. The Hall–Kier alpha value is -2.53.